The number of aliphatic carboxylic acids is 1. The van der Waals surface area contributed by atoms with E-state index in [0.29, 0.717) is 11.3 Å². The van der Waals surface area contributed by atoms with Gasteiger partial charge in [0, 0.05) is 11.8 Å². The summed E-state index contributed by atoms with van der Waals surface area (Å²) in [5.41, 5.74) is 1.83. The van der Waals surface area contributed by atoms with Gasteiger partial charge < -0.3 is 25.2 Å². The fraction of sp³-hybridized carbons (Fsp3) is 0.136. The van der Waals surface area contributed by atoms with Gasteiger partial charge in [-0.25, -0.2) is 9.59 Å². The average Bonchev–Trinajstić information content (AvgIpc) is 2.73. The average molecular weight is 459 g/mol. The Morgan fingerprint density at radius 2 is 1.94 bits per heavy atom. The quantitative estimate of drug-likeness (QED) is 0.260. The Morgan fingerprint density at radius 3 is 2.58 bits per heavy atom. The second-order valence-corrected chi connectivity index (χ2v) is 7.39. The molecule has 1 aliphatic heterocycles. The molecule has 31 heavy (non-hydrogen) atoms. The van der Waals surface area contributed by atoms with Gasteiger partial charge in [-0.05, 0) is 48.5 Å². The number of carbonyl (C=O) groups is 2. The predicted octanol–water partition coefficient (Wildman–Crippen LogP) is 3.84. The third-order valence-corrected chi connectivity index (χ3v) is 5.00. The maximum Gasteiger partial charge on any atom is 0.336 e. The minimum Gasteiger partial charge on any atom is -0.493 e. The second kappa shape index (κ2) is 9.63. The monoisotopic (exact) mass is 458 g/mol. The van der Waals surface area contributed by atoms with Crippen LogP contribution in [0.3, 0.4) is 0 Å². The number of hydrogen-bond acceptors (Lipinski definition) is 5. The summed E-state index contributed by atoms with van der Waals surface area (Å²) in [4.78, 5) is 24.0. The normalized spacial score (nSPS) is 16.0. The van der Waals surface area contributed by atoms with E-state index in [2.05, 4.69) is 10.6 Å². The Balaban J connectivity index is 1.90. The van der Waals surface area contributed by atoms with Crippen molar-refractivity contribution in [3.63, 3.8) is 0 Å². The number of thiocarbonyl (C=S) groups is 1. The molecule has 9 heteroatoms. The van der Waals surface area contributed by atoms with Crippen LogP contribution in [0, 0.1) is 0 Å². The molecule has 2 aromatic carbocycles. The van der Waals surface area contributed by atoms with Crippen LogP contribution in [0.1, 0.15) is 24.1 Å². The van der Waals surface area contributed by atoms with Crippen molar-refractivity contribution in [2.24, 2.45) is 0 Å². The number of carbonyl (C=O) groups excluding carboxylic acids is 1. The van der Waals surface area contributed by atoms with E-state index in [1.165, 1.54) is 19.3 Å². The maximum atomic E-state index is 12.3. The molecule has 0 spiro atoms. The number of halogens is 1. The van der Waals surface area contributed by atoms with Crippen molar-refractivity contribution in [2.45, 2.75) is 13.0 Å². The number of rotatable bonds is 6. The lowest BCUT2D eigenvalue weighted by molar-refractivity contribution is -0.133. The first-order valence-corrected chi connectivity index (χ1v) is 9.92. The van der Waals surface area contributed by atoms with Crippen molar-refractivity contribution in [1.29, 1.82) is 0 Å². The highest BCUT2D eigenvalue weighted by atomic mass is 35.5. The van der Waals surface area contributed by atoms with E-state index in [-0.39, 0.29) is 27.2 Å². The van der Waals surface area contributed by atoms with Crippen LogP contribution in [0.4, 0.5) is 0 Å². The smallest absolute Gasteiger partial charge is 0.336 e. The van der Waals surface area contributed by atoms with Crippen LogP contribution in [-0.2, 0) is 9.59 Å². The summed E-state index contributed by atoms with van der Waals surface area (Å²) < 4.78 is 10.7. The Morgan fingerprint density at radius 1 is 1.23 bits per heavy atom. The number of allylic oxidation sites excluding steroid dienone is 1. The number of hydrogen-bond donors (Lipinski definition) is 3. The summed E-state index contributed by atoms with van der Waals surface area (Å²) in [6.45, 7) is 1.62. The summed E-state index contributed by atoms with van der Waals surface area (Å²) >= 11 is 11.5. The Labute approximate surface area is 189 Å². The fourth-order valence-electron chi connectivity index (χ4n) is 3.10. The Bertz CT molecular complexity index is 1100. The summed E-state index contributed by atoms with van der Waals surface area (Å²) in [5.74, 6) is -1.54. The van der Waals surface area contributed by atoms with Crippen molar-refractivity contribution in [1.82, 2.24) is 10.6 Å². The van der Waals surface area contributed by atoms with Crippen molar-refractivity contribution in [2.75, 3.05) is 7.11 Å². The molecule has 0 aliphatic carbocycles. The molecular weight excluding hydrogens is 440 g/mol. The van der Waals surface area contributed by atoms with Crippen molar-refractivity contribution in [3.05, 3.63) is 76.0 Å². The molecular formula is C22H19ClN2O5S. The lowest BCUT2D eigenvalue weighted by Gasteiger charge is -2.29. The molecule has 0 fully saturated rings. The van der Waals surface area contributed by atoms with Crippen LogP contribution in [-0.4, -0.2) is 29.3 Å². The van der Waals surface area contributed by atoms with Crippen molar-refractivity contribution < 1.29 is 24.2 Å². The highest BCUT2D eigenvalue weighted by Gasteiger charge is 2.31. The van der Waals surface area contributed by atoms with Gasteiger partial charge in [0.2, 0.25) is 0 Å². The third-order valence-electron chi connectivity index (χ3n) is 4.50. The van der Waals surface area contributed by atoms with E-state index in [9.17, 15) is 14.7 Å². The number of carboxylic acids is 1. The molecule has 0 saturated carbocycles. The highest BCUT2D eigenvalue weighted by Crippen LogP contribution is 2.40. The Kier molecular flexibility index (Phi) is 6.94. The molecule has 1 aliphatic rings. The minimum atomic E-state index is -1.11. The van der Waals surface area contributed by atoms with Crippen LogP contribution >= 0.6 is 23.8 Å². The summed E-state index contributed by atoms with van der Waals surface area (Å²) in [6.07, 6.45) is 2.89. The molecule has 0 radical (unpaired) electrons. The zero-order valence-electron chi connectivity index (χ0n) is 16.6. The molecule has 1 atom stereocenters. The summed E-state index contributed by atoms with van der Waals surface area (Å²) in [6, 6.07) is 11.6. The lowest BCUT2D eigenvalue weighted by Crippen LogP contribution is -2.44. The zero-order valence-corrected chi connectivity index (χ0v) is 18.2. The first-order valence-electron chi connectivity index (χ1n) is 9.14. The number of benzene rings is 2. The van der Waals surface area contributed by atoms with E-state index >= 15 is 0 Å². The molecule has 3 rings (SSSR count). The van der Waals surface area contributed by atoms with Crippen LogP contribution in [0.15, 0.2) is 59.8 Å². The molecule has 0 amide bonds. The molecule has 7 nitrogen and oxygen atoms in total. The lowest BCUT2D eigenvalue weighted by atomic mass is 9.95. The first-order chi connectivity index (χ1) is 14.8. The van der Waals surface area contributed by atoms with Gasteiger partial charge in [-0.1, -0.05) is 41.9 Å². The van der Waals surface area contributed by atoms with Crippen LogP contribution < -0.4 is 20.1 Å². The molecule has 0 saturated heterocycles. The molecule has 1 heterocycles. The van der Waals surface area contributed by atoms with Crippen LogP contribution in [0.5, 0.6) is 11.5 Å². The Hall–Kier alpha value is -3.36. The number of carboxylic acid groups (broad SMARTS) is 1. The molecule has 0 aromatic heterocycles. The first kappa shape index (κ1) is 22.3. The van der Waals surface area contributed by atoms with E-state index in [4.69, 9.17) is 33.3 Å². The molecule has 1 unspecified atom stereocenters. The van der Waals surface area contributed by atoms with Crippen molar-refractivity contribution in [3.8, 4) is 11.5 Å². The van der Waals surface area contributed by atoms with Gasteiger partial charge in [-0.2, -0.15) is 0 Å². The largest absolute Gasteiger partial charge is 0.493 e. The number of esters is 1. The topological polar surface area (TPSA) is 96.9 Å². The van der Waals surface area contributed by atoms with Gasteiger partial charge in [0.15, 0.2) is 16.6 Å². The standard InChI is InChI=1S/C22H19ClN2O5S/c1-12-18(21(27)28)19(25-22(31)24-12)14-10-15(23)20(16(11-14)29-2)30-17(26)9-8-13-6-4-3-5-7-13/h3-11,19H,1-2H3,(H,27,28)(H2,24,25,31)/b9-8+. The van der Waals surface area contributed by atoms with Crippen LogP contribution in [0.25, 0.3) is 6.08 Å². The van der Waals surface area contributed by atoms with Crippen molar-refractivity contribution >= 4 is 46.9 Å². The molecule has 3 N–H and O–H groups in total. The van der Waals surface area contributed by atoms with E-state index in [1.807, 2.05) is 30.3 Å². The fourth-order valence-corrected chi connectivity index (χ4v) is 3.62. The maximum absolute atomic E-state index is 12.3. The van der Waals surface area contributed by atoms with Gasteiger partial charge in [0.05, 0.1) is 23.7 Å². The van der Waals surface area contributed by atoms with Gasteiger partial charge in [0.1, 0.15) is 0 Å². The molecule has 160 valence electrons. The molecule has 0 bridgehead atoms. The SMILES string of the molecule is COc1cc(C2NC(=S)NC(C)=C2C(=O)O)cc(Cl)c1OC(=O)/C=C/c1ccccc1. The highest BCUT2D eigenvalue weighted by molar-refractivity contribution is 7.80. The minimum absolute atomic E-state index is 0.0321. The van der Waals surface area contributed by atoms with Gasteiger partial charge >= 0.3 is 11.9 Å². The number of methoxy groups -OCH3 is 1. The van der Waals surface area contributed by atoms with E-state index in [1.54, 1.807) is 19.1 Å². The zero-order chi connectivity index (χ0) is 22.5. The summed E-state index contributed by atoms with van der Waals surface area (Å²) in [5, 5.41) is 15.7. The van der Waals surface area contributed by atoms with Gasteiger partial charge in [-0.15, -0.1) is 0 Å². The molecule has 2 aromatic rings. The van der Waals surface area contributed by atoms with Gasteiger partial charge in [0.25, 0.3) is 0 Å². The van der Waals surface area contributed by atoms with Crippen LogP contribution in [0.2, 0.25) is 5.02 Å². The van der Waals surface area contributed by atoms with Gasteiger partial charge in [-0.3, -0.25) is 0 Å². The number of nitrogens with one attached hydrogen (secondary N) is 2. The third kappa shape index (κ3) is 5.22. The predicted molar refractivity (Wildman–Crippen MR) is 121 cm³/mol. The van der Waals surface area contributed by atoms with E-state index < -0.39 is 18.0 Å². The second-order valence-electron chi connectivity index (χ2n) is 6.57. The van der Waals surface area contributed by atoms with E-state index in [0.717, 1.165) is 5.56 Å². The number of ether oxygens (including phenoxy) is 2. The summed E-state index contributed by atoms with van der Waals surface area (Å²) in [7, 11) is 1.40.